The van der Waals surface area contributed by atoms with Crippen molar-refractivity contribution < 1.29 is 24.3 Å². The number of imide groups is 1. The van der Waals surface area contributed by atoms with Crippen LogP contribution in [0.25, 0.3) is 0 Å². The summed E-state index contributed by atoms with van der Waals surface area (Å²) in [6, 6.07) is 3.70. The predicted molar refractivity (Wildman–Crippen MR) is 67.5 cm³/mol. The maximum Gasteiger partial charge on any atom is 0.335 e. The van der Waals surface area contributed by atoms with Gasteiger partial charge >= 0.3 is 5.97 Å². The minimum absolute atomic E-state index is 0.0152. The summed E-state index contributed by atoms with van der Waals surface area (Å²) in [7, 11) is 3.03. The first-order chi connectivity index (χ1) is 9.32. The van der Waals surface area contributed by atoms with Gasteiger partial charge in [0, 0.05) is 14.1 Å². The highest BCUT2D eigenvalue weighted by Gasteiger charge is 2.37. The van der Waals surface area contributed by atoms with Crippen LogP contribution in [0.2, 0.25) is 0 Å². The van der Waals surface area contributed by atoms with Gasteiger partial charge in [0.15, 0.2) is 0 Å². The normalized spacial score (nSPS) is 13.4. The highest BCUT2D eigenvalue weighted by Crippen LogP contribution is 2.24. The average Bonchev–Trinajstić information content (AvgIpc) is 2.63. The smallest absolute Gasteiger partial charge is 0.335 e. The largest absolute Gasteiger partial charge is 0.478 e. The van der Waals surface area contributed by atoms with Crippen molar-refractivity contribution in [2.24, 2.45) is 0 Å². The van der Waals surface area contributed by atoms with E-state index in [2.05, 4.69) is 0 Å². The van der Waals surface area contributed by atoms with Crippen LogP contribution in [-0.2, 0) is 4.79 Å². The molecule has 1 aliphatic heterocycles. The number of carboxylic acids is 1. The van der Waals surface area contributed by atoms with Crippen LogP contribution in [0.15, 0.2) is 18.2 Å². The molecule has 0 atom stereocenters. The minimum Gasteiger partial charge on any atom is -0.478 e. The molecule has 0 saturated carbocycles. The van der Waals surface area contributed by atoms with Crippen LogP contribution in [0, 0.1) is 0 Å². The molecule has 2 rings (SSSR count). The summed E-state index contributed by atoms with van der Waals surface area (Å²) < 4.78 is 0. The van der Waals surface area contributed by atoms with Crippen LogP contribution in [0.5, 0.6) is 0 Å². The zero-order chi connectivity index (χ0) is 15.0. The number of aromatic carboxylic acids is 1. The lowest BCUT2D eigenvalue weighted by Crippen LogP contribution is -2.39. The van der Waals surface area contributed by atoms with E-state index in [9.17, 15) is 19.2 Å². The second-order valence-electron chi connectivity index (χ2n) is 4.55. The third-order valence-electron chi connectivity index (χ3n) is 3.01. The van der Waals surface area contributed by atoms with Gasteiger partial charge in [-0.25, -0.2) is 4.79 Å². The van der Waals surface area contributed by atoms with Gasteiger partial charge in [0.2, 0.25) is 5.91 Å². The molecule has 0 aliphatic carbocycles. The summed E-state index contributed by atoms with van der Waals surface area (Å²) >= 11 is 0. The number of amides is 3. The number of rotatable bonds is 3. The molecule has 0 radical (unpaired) electrons. The Labute approximate surface area is 114 Å². The Bertz CT molecular complexity index is 636. The Morgan fingerprint density at radius 1 is 1.15 bits per heavy atom. The lowest BCUT2D eigenvalue weighted by Gasteiger charge is -2.16. The molecule has 7 nitrogen and oxygen atoms in total. The monoisotopic (exact) mass is 276 g/mol. The highest BCUT2D eigenvalue weighted by molar-refractivity contribution is 6.22. The summed E-state index contributed by atoms with van der Waals surface area (Å²) in [6.45, 7) is -0.359. The molecule has 0 spiro atoms. The quantitative estimate of drug-likeness (QED) is 0.788. The summed E-state index contributed by atoms with van der Waals surface area (Å²) in [5, 5.41) is 8.88. The van der Waals surface area contributed by atoms with E-state index in [0.717, 1.165) is 11.0 Å². The predicted octanol–water partition coefficient (Wildman–Crippen LogP) is 0.0690. The molecule has 0 unspecified atom stereocenters. The molecule has 1 heterocycles. The first-order valence-electron chi connectivity index (χ1n) is 5.76. The van der Waals surface area contributed by atoms with Crippen LogP contribution in [-0.4, -0.2) is 59.2 Å². The maximum atomic E-state index is 12.1. The van der Waals surface area contributed by atoms with Crippen molar-refractivity contribution >= 4 is 23.7 Å². The van der Waals surface area contributed by atoms with E-state index in [1.54, 1.807) is 0 Å². The van der Waals surface area contributed by atoms with Crippen LogP contribution in [0.4, 0.5) is 0 Å². The highest BCUT2D eigenvalue weighted by atomic mass is 16.4. The van der Waals surface area contributed by atoms with E-state index in [4.69, 9.17) is 5.11 Å². The standard InChI is InChI=1S/C13H12N2O5/c1-14(2)10(16)6-15-11(17)8-4-3-7(13(19)20)5-9(8)12(15)18/h3-5H,6H2,1-2H3,(H,19,20). The molecule has 20 heavy (non-hydrogen) atoms. The van der Waals surface area contributed by atoms with Gasteiger partial charge in [-0.05, 0) is 18.2 Å². The van der Waals surface area contributed by atoms with Crippen molar-refractivity contribution in [3.05, 3.63) is 34.9 Å². The molecule has 1 aromatic carbocycles. The van der Waals surface area contributed by atoms with E-state index >= 15 is 0 Å². The average molecular weight is 276 g/mol. The number of hydrogen-bond donors (Lipinski definition) is 1. The number of fused-ring (bicyclic) bond motifs is 1. The molecule has 0 fully saturated rings. The number of nitrogens with zero attached hydrogens (tertiary/aromatic N) is 2. The van der Waals surface area contributed by atoms with Crippen LogP contribution < -0.4 is 0 Å². The second kappa shape index (κ2) is 4.76. The summed E-state index contributed by atoms with van der Waals surface area (Å²) in [5.41, 5.74) is 0.0544. The maximum absolute atomic E-state index is 12.1. The summed E-state index contributed by atoms with van der Waals surface area (Å²) in [4.78, 5) is 48.7. The fourth-order valence-corrected chi connectivity index (χ4v) is 1.84. The van der Waals surface area contributed by atoms with Gasteiger partial charge in [0.25, 0.3) is 11.8 Å². The third-order valence-corrected chi connectivity index (χ3v) is 3.01. The number of likely N-dealkylation sites (N-methyl/N-ethyl adjacent to an activating group) is 1. The van der Waals surface area contributed by atoms with Gasteiger partial charge < -0.3 is 10.0 Å². The molecule has 7 heteroatoms. The van der Waals surface area contributed by atoms with Crippen LogP contribution >= 0.6 is 0 Å². The van der Waals surface area contributed by atoms with Gasteiger partial charge in [-0.15, -0.1) is 0 Å². The van der Waals surface area contributed by atoms with Gasteiger partial charge in [0.05, 0.1) is 16.7 Å². The Morgan fingerprint density at radius 2 is 1.75 bits per heavy atom. The van der Waals surface area contributed by atoms with E-state index in [0.29, 0.717) is 0 Å². The summed E-state index contributed by atoms with van der Waals surface area (Å²) in [5.74, 6) is -2.81. The first-order valence-corrected chi connectivity index (χ1v) is 5.76. The molecule has 3 amide bonds. The van der Waals surface area contributed by atoms with Crippen LogP contribution in [0.1, 0.15) is 31.1 Å². The van der Waals surface area contributed by atoms with E-state index < -0.39 is 23.7 Å². The molecule has 0 saturated heterocycles. The Hall–Kier alpha value is -2.70. The third kappa shape index (κ3) is 2.13. The molecule has 0 aromatic heterocycles. The van der Waals surface area contributed by atoms with Crippen LogP contribution in [0.3, 0.4) is 0 Å². The van der Waals surface area contributed by atoms with Crippen molar-refractivity contribution in [3.8, 4) is 0 Å². The lowest BCUT2D eigenvalue weighted by atomic mass is 10.1. The Morgan fingerprint density at radius 3 is 2.30 bits per heavy atom. The Balaban J connectivity index is 2.35. The number of benzene rings is 1. The summed E-state index contributed by atoms with van der Waals surface area (Å²) in [6.07, 6.45) is 0. The number of carboxylic acid groups (broad SMARTS) is 1. The van der Waals surface area contributed by atoms with Gasteiger partial charge in [-0.1, -0.05) is 0 Å². The molecule has 1 aliphatic rings. The molecular weight excluding hydrogens is 264 g/mol. The van der Waals surface area contributed by atoms with E-state index in [-0.39, 0.29) is 23.2 Å². The fourth-order valence-electron chi connectivity index (χ4n) is 1.84. The molecule has 1 aromatic rings. The van der Waals surface area contributed by atoms with Gasteiger partial charge in [-0.3, -0.25) is 19.3 Å². The molecule has 0 bridgehead atoms. The van der Waals surface area contributed by atoms with Crippen molar-refractivity contribution in [1.29, 1.82) is 0 Å². The SMILES string of the molecule is CN(C)C(=O)CN1C(=O)c2ccc(C(=O)O)cc2C1=O. The van der Waals surface area contributed by atoms with Gasteiger partial charge in [-0.2, -0.15) is 0 Å². The van der Waals surface area contributed by atoms with Crippen molar-refractivity contribution in [2.45, 2.75) is 0 Å². The van der Waals surface area contributed by atoms with Crippen molar-refractivity contribution in [1.82, 2.24) is 9.80 Å². The fraction of sp³-hybridized carbons (Fsp3) is 0.231. The topological polar surface area (TPSA) is 95.0 Å². The molecular formula is C13H12N2O5. The Kier molecular flexibility index (Phi) is 3.27. The zero-order valence-corrected chi connectivity index (χ0v) is 10.9. The van der Waals surface area contributed by atoms with E-state index in [1.807, 2.05) is 0 Å². The van der Waals surface area contributed by atoms with Gasteiger partial charge in [0.1, 0.15) is 6.54 Å². The zero-order valence-electron chi connectivity index (χ0n) is 10.9. The number of carbonyl (C=O) groups is 4. The number of hydrogen-bond acceptors (Lipinski definition) is 4. The molecule has 1 N–H and O–H groups in total. The number of carbonyl (C=O) groups excluding carboxylic acids is 3. The minimum atomic E-state index is -1.18. The van der Waals surface area contributed by atoms with E-state index in [1.165, 1.54) is 31.1 Å². The first kappa shape index (κ1) is 13.7. The van der Waals surface area contributed by atoms with Crippen molar-refractivity contribution in [3.63, 3.8) is 0 Å². The second-order valence-corrected chi connectivity index (χ2v) is 4.55. The molecule has 104 valence electrons. The lowest BCUT2D eigenvalue weighted by molar-refractivity contribution is -0.128. The van der Waals surface area contributed by atoms with Crippen molar-refractivity contribution in [2.75, 3.05) is 20.6 Å².